The van der Waals surface area contributed by atoms with E-state index in [1.807, 2.05) is 19.1 Å². The van der Waals surface area contributed by atoms with Crippen molar-refractivity contribution in [3.8, 4) is 0 Å². The summed E-state index contributed by atoms with van der Waals surface area (Å²) in [5.74, 6) is -1.08. The number of ether oxygens (including phenoxy) is 3. The van der Waals surface area contributed by atoms with Crippen LogP contribution in [0.1, 0.15) is 27.6 Å². The SMILES string of the molecule is C[C@H]1[C@H](Cl)[C@@H](OC(=O)c2ccccc2)O[C@@H]1COC(=O)c1ccccc1. The van der Waals surface area contributed by atoms with Crippen molar-refractivity contribution in [3.05, 3.63) is 71.8 Å². The monoisotopic (exact) mass is 374 g/mol. The van der Waals surface area contributed by atoms with Crippen molar-refractivity contribution in [2.75, 3.05) is 6.61 Å². The zero-order valence-electron chi connectivity index (χ0n) is 14.2. The Morgan fingerprint density at radius 1 is 0.962 bits per heavy atom. The van der Waals surface area contributed by atoms with E-state index in [4.69, 9.17) is 25.8 Å². The highest BCUT2D eigenvalue weighted by Gasteiger charge is 2.43. The summed E-state index contributed by atoms with van der Waals surface area (Å²) in [7, 11) is 0. The summed E-state index contributed by atoms with van der Waals surface area (Å²) in [5, 5.41) is -0.525. The molecule has 0 aromatic heterocycles. The zero-order valence-corrected chi connectivity index (χ0v) is 15.0. The van der Waals surface area contributed by atoms with Gasteiger partial charge < -0.3 is 14.2 Å². The Kier molecular flexibility index (Phi) is 5.91. The number of hydrogen-bond donors (Lipinski definition) is 0. The number of esters is 2. The molecule has 1 saturated heterocycles. The Labute approximate surface area is 156 Å². The smallest absolute Gasteiger partial charge is 0.340 e. The molecule has 1 fully saturated rings. The van der Waals surface area contributed by atoms with Gasteiger partial charge in [-0.1, -0.05) is 43.3 Å². The van der Waals surface area contributed by atoms with Crippen LogP contribution in [0.15, 0.2) is 60.7 Å². The molecular formula is C20H19ClO5. The number of alkyl halides is 1. The van der Waals surface area contributed by atoms with Gasteiger partial charge in [-0.25, -0.2) is 9.59 Å². The van der Waals surface area contributed by atoms with Crippen LogP contribution >= 0.6 is 11.6 Å². The van der Waals surface area contributed by atoms with Crippen molar-refractivity contribution >= 4 is 23.5 Å². The molecule has 0 N–H and O–H groups in total. The van der Waals surface area contributed by atoms with E-state index in [0.29, 0.717) is 11.1 Å². The molecule has 136 valence electrons. The second-order valence-electron chi connectivity index (χ2n) is 6.08. The summed E-state index contributed by atoms with van der Waals surface area (Å²) >= 11 is 6.34. The number of hydrogen-bond acceptors (Lipinski definition) is 5. The normalized spacial score (nSPS) is 24.8. The van der Waals surface area contributed by atoms with Crippen molar-refractivity contribution in [2.24, 2.45) is 5.92 Å². The van der Waals surface area contributed by atoms with Crippen LogP contribution in [-0.2, 0) is 14.2 Å². The van der Waals surface area contributed by atoms with Gasteiger partial charge in [0, 0.05) is 5.92 Å². The van der Waals surface area contributed by atoms with Crippen LogP contribution in [0.3, 0.4) is 0 Å². The molecule has 1 aliphatic heterocycles. The Morgan fingerprint density at radius 3 is 2.08 bits per heavy atom. The number of halogens is 1. The predicted molar refractivity (Wildman–Crippen MR) is 96.0 cm³/mol. The molecule has 0 bridgehead atoms. The third kappa shape index (κ3) is 4.23. The van der Waals surface area contributed by atoms with Crippen LogP contribution in [0, 0.1) is 5.92 Å². The topological polar surface area (TPSA) is 61.8 Å². The van der Waals surface area contributed by atoms with E-state index in [1.54, 1.807) is 48.5 Å². The number of carbonyl (C=O) groups is 2. The maximum absolute atomic E-state index is 12.2. The van der Waals surface area contributed by atoms with Gasteiger partial charge in [0.05, 0.1) is 11.1 Å². The third-order valence-corrected chi connectivity index (χ3v) is 4.88. The first-order valence-electron chi connectivity index (χ1n) is 8.34. The summed E-state index contributed by atoms with van der Waals surface area (Å²) in [5.41, 5.74) is 0.888. The standard InChI is InChI=1S/C20H19ClO5/c1-13-16(12-24-18(22)14-8-4-2-5-9-14)25-20(17(13)21)26-19(23)15-10-6-3-7-11-15/h2-11,13,16-17,20H,12H2,1H3/t13-,16-,17+,20-/m1/s1. The van der Waals surface area contributed by atoms with Gasteiger partial charge in [-0.2, -0.15) is 0 Å². The van der Waals surface area contributed by atoms with Crippen molar-refractivity contribution in [1.82, 2.24) is 0 Å². The molecule has 0 aliphatic carbocycles. The maximum atomic E-state index is 12.2. The highest BCUT2D eigenvalue weighted by molar-refractivity contribution is 6.21. The van der Waals surface area contributed by atoms with E-state index >= 15 is 0 Å². The minimum atomic E-state index is -0.889. The van der Waals surface area contributed by atoms with Crippen LogP contribution in [-0.4, -0.2) is 36.3 Å². The molecule has 3 rings (SSSR count). The van der Waals surface area contributed by atoms with E-state index in [2.05, 4.69) is 0 Å². The molecule has 5 nitrogen and oxygen atoms in total. The third-order valence-electron chi connectivity index (χ3n) is 4.28. The second-order valence-corrected chi connectivity index (χ2v) is 6.59. The quantitative estimate of drug-likeness (QED) is 0.590. The van der Waals surface area contributed by atoms with Gasteiger partial charge in [0.15, 0.2) is 0 Å². The lowest BCUT2D eigenvalue weighted by atomic mass is 10.0. The van der Waals surface area contributed by atoms with Crippen molar-refractivity contribution < 1.29 is 23.8 Å². The molecule has 26 heavy (non-hydrogen) atoms. The molecule has 0 amide bonds. The Hall–Kier alpha value is -2.37. The average molecular weight is 375 g/mol. The summed E-state index contributed by atoms with van der Waals surface area (Å²) < 4.78 is 16.4. The fraction of sp³-hybridized carbons (Fsp3) is 0.300. The van der Waals surface area contributed by atoms with Crippen molar-refractivity contribution in [1.29, 1.82) is 0 Å². The van der Waals surface area contributed by atoms with E-state index in [9.17, 15) is 9.59 Å². The second kappa shape index (κ2) is 8.34. The van der Waals surface area contributed by atoms with E-state index < -0.39 is 29.7 Å². The Bertz CT molecular complexity index is 749. The van der Waals surface area contributed by atoms with Gasteiger partial charge in [0.2, 0.25) is 6.29 Å². The average Bonchev–Trinajstić information content (AvgIpc) is 2.95. The molecule has 2 aromatic carbocycles. The lowest BCUT2D eigenvalue weighted by molar-refractivity contribution is -0.113. The first-order valence-corrected chi connectivity index (χ1v) is 8.77. The molecule has 0 spiro atoms. The summed E-state index contributed by atoms with van der Waals surface area (Å²) in [6, 6.07) is 17.3. The first-order chi connectivity index (χ1) is 12.6. The maximum Gasteiger partial charge on any atom is 0.340 e. The Balaban J connectivity index is 1.56. The lowest BCUT2D eigenvalue weighted by Gasteiger charge is -2.15. The molecule has 6 heteroatoms. The molecule has 1 heterocycles. The first kappa shape index (κ1) is 18.4. The highest BCUT2D eigenvalue weighted by Crippen LogP contribution is 2.32. The molecular weight excluding hydrogens is 356 g/mol. The van der Waals surface area contributed by atoms with Crippen LogP contribution < -0.4 is 0 Å². The van der Waals surface area contributed by atoms with E-state index in [0.717, 1.165) is 0 Å². The van der Waals surface area contributed by atoms with Gasteiger partial charge in [0.1, 0.15) is 18.1 Å². The number of rotatable bonds is 5. The summed E-state index contributed by atoms with van der Waals surface area (Å²) in [6.45, 7) is 1.91. The van der Waals surface area contributed by atoms with Crippen LogP contribution in [0.25, 0.3) is 0 Å². The molecule has 4 atom stereocenters. The van der Waals surface area contributed by atoms with Crippen molar-refractivity contribution in [2.45, 2.75) is 24.7 Å². The van der Waals surface area contributed by atoms with Crippen LogP contribution in [0.5, 0.6) is 0 Å². The summed E-state index contributed by atoms with van der Waals surface area (Å²) in [4.78, 5) is 24.2. The summed E-state index contributed by atoms with van der Waals surface area (Å²) in [6.07, 6.45) is -1.33. The number of benzene rings is 2. The fourth-order valence-corrected chi connectivity index (χ4v) is 2.94. The lowest BCUT2D eigenvalue weighted by Crippen LogP contribution is -2.26. The fourth-order valence-electron chi connectivity index (χ4n) is 2.67. The number of carbonyl (C=O) groups excluding carboxylic acids is 2. The van der Waals surface area contributed by atoms with E-state index in [-0.39, 0.29) is 12.5 Å². The molecule has 0 unspecified atom stereocenters. The predicted octanol–water partition coefficient (Wildman–Crippen LogP) is 3.67. The molecule has 0 radical (unpaired) electrons. The van der Waals surface area contributed by atoms with Gasteiger partial charge in [-0.15, -0.1) is 11.6 Å². The highest BCUT2D eigenvalue weighted by atomic mass is 35.5. The van der Waals surface area contributed by atoms with Gasteiger partial charge >= 0.3 is 11.9 Å². The van der Waals surface area contributed by atoms with Crippen LogP contribution in [0.4, 0.5) is 0 Å². The minimum absolute atomic E-state index is 0.0392. The zero-order chi connectivity index (χ0) is 18.5. The molecule has 0 saturated carbocycles. The van der Waals surface area contributed by atoms with E-state index in [1.165, 1.54) is 0 Å². The van der Waals surface area contributed by atoms with Crippen LogP contribution in [0.2, 0.25) is 0 Å². The largest absolute Gasteiger partial charge is 0.459 e. The minimum Gasteiger partial charge on any atom is -0.459 e. The molecule has 2 aromatic rings. The van der Waals surface area contributed by atoms with Crippen molar-refractivity contribution in [3.63, 3.8) is 0 Å². The van der Waals surface area contributed by atoms with Gasteiger partial charge in [-0.05, 0) is 24.3 Å². The van der Waals surface area contributed by atoms with Gasteiger partial charge in [-0.3, -0.25) is 0 Å². The Morgan fingerprint density at radius 2 is 1.50 bits per heavy atom. The van der Waals surface area contributed by atoms with Gasteiger partial charge in [0.25, 0.3) is 0 Å². The molecule has 1 aliphatic rings.